The number of aromatic nitrogens is 1. The minimum atomic E-state index is -0.241. The lowest BCUT2D eigenvalue weighted by Gasteiger charge is -2.28. The molecule has 1 aliphatic heterocycles. The van der Waals surface area contributed by atoms with Crippen LogP contribution in [0.15, 0.2) is 65.2 Å². The second-order valence-corrected chi connectivity index (χ2v) is 7.78. The van der Waals surface area contributed by atoms with Gasteiger partial charge in [0.05, 0.1) is 6.54 Å². The molecule has 3 aromatic rings. The molecule has 0 aliphatic carbocycles. The van der Waals surface area contributed by atoms with Crippen LogP contribution in [0.2, 0.25) is 0 Å². The van der Waals surface area contributed by atoms with Gasteiger partial charge in [-0.1, -0.05) is 41.6 Å². The fraction of sp³-hybridized carbons (Fsp3) is 0.292. The predicted octanol–water partition coefficient (Wildman–Crippen LogP) is 1.79. The van der Waals surface area contributed by atoms with E-state index in [1.54, 1.807) is 21.9 Å². The van der Waals surface area contributed by atoms with Crippen LogP contribution in [-0.2, 0) is 6.54 Å². The van der Waals surface area contributed by atoms with Crippen LogP contribution in [0.25, 0.3) is 17.4 Å². The molecular formula is C24H28FN3O+2. The zero-order valence-electron chi connectivity index (χ0n) is 16.8. The number of halogens is 1. The average molecular weight is 394 g/mol. The van der Waals surface area contributed by atoms with Crippen LogP contribution in [0.3, 0.4) is 0 Å². The maximum absolute atomic E-state index is 13.2. The monoisotopic (exact) mass is 393 g/mol. The maximum atomic E-state index is 13.2. The van der Waals surface area contributed by atoms with Crippen molar-refractivity contribution in [2.24, 2.45) is 0 Å². The van der Waals surface area contributed by atoms with Crippen molar-refractivity contribution in [2.45, 2.75) is 13.5 Å². The second-order valence-electron chi connectivity index (χ2n) is 7.78. The van der Waals surface area contributed by atoms with Crippen LogP contribution in [0.1, 0.15) is 16.8 Å². The Morgan fingerprint density at radius 2 is 1.66 bits per heavy atom. The Balaban J connectivity index is 1.29. The minimum Gasteiger partial charge on any atom is -0.356 e. The number of nitrogens with one attached hydrogen (secondary N) is 2. The molecule has 150 valence electrons. The highest BCUT2D eigenvalue weighted by Gasteiger charge is 2.25. The summed E-state index contributed by atoms with van der Waals surface area (Å²) in [5, 5.41) is 4.30. The lowest BCUT2D eigenvalue weighted by molar-refractivity contribution is -1.02. The summed E-state index contributed by atoms with van der Waals surface area (Å²) in [6.45, 7) is 8.58. The first-order chi connectivity index (χ1) is 14.2. The van der Waals surface area contributed by atoms with Crippen LogP contribution in [0.5, 0.6) is 0 Å². The molecule has 2 heterocycles. The number of quaternary nitrogens is 2. The summed E-state index contributed by atoms with van der Waals surface area (Å²) in [6.07, 6.45) is 4.49. The standard InChI is InChI=1S/C24H26FN3O/c1-19-23(26-29-24(19)21-9-11-22(25)12-10-21)18-28-16-14-27(15-17-28)13-5-8-20-6-3-2-4-7-20/h2-12H,13-18H2,1H3/p+2/b8-5+. The van der Waals surface area contributed by atoms with Gasteiger partial charge in [0, 0.05) is 11.1 Å². The van der Waals surface area contributed by atoms with E-state index < -0.39 is 0 Å². The highest BCUT2D eigenvalue weighted by molar-refractivity contribution is 5.61. The molecule has 0 spiro atoms. The number of hydrogen-bond donors (Lipinski definition) is 2. The number of nitrogens with zero attached hydrogens (tertiary/aromatic N) is 1. The summed E-state index contributed by atoms with van der Waals surface area (Å²) in [5.74, 6) is 0.504. The molecule has 4 nitrogen and oxygen atoms in total. The van der Waals surface area contributed by atoms with Crippen molar-refractivity contribution < 1.29 is 18.7 Å². The molecule has 0 amide bonds. The quantitative estimate of drug-likeness (QED) is 0.670. The van der Waals surface area contributed by atoms with E-state index in [1.165, 1.54) is 17.7 Å². The number of piperazine rings is 1. The van der Waals surface area contributed by atoms with E-state index in [9.17, 15) is 4.39 Å². The number of rotatable bonds is 6. The molecule has 4 rings (SSSR count). The van der Waals surface area contributed by atoms with Gasteiger partial charge in [-0.05, 0) is 42.8 Å². The molecule has 2 aromatic carbocycles. The van der Waals surface area contributed by atoms with E-state index in [0.717, 1.165) is 61.8 Å². The Bertz CT molecular complexity index is 942. The van der Waals surface area contributed by atoms with E-state index >= 15 is 0 Å². The van der Waals surface area contributed by atoms with Crippen LogP contribution in [0, 0.1) is 12.7 Å². The van der Waals surface area contributed by atoms with Crippen molar-refractivity contribution in [2.75, 3.05) is 32.7 Å². The third-order valence-corrected chi connectivity index (χ3v) is 5.73. The molecule has 1 saturated heterocycles. The van der Waals surface area contributed by atoms with Crippen molar-refractivity contribution in [3.8, 4) is 11.3 Å². The molecule has 0 unspecified atom stereocenters. The largest absolute Gasteiger partial charge is 0.356 e. The summed E-state index contributed by atoms with van der Waals surface area (Å²) >= 11 is 0. The van der Waals surface area contributed by atoms with Crippen molar-refractivity contribution in [1.29, 1.82) is 0 Å². The van der Waals surface area contributed by atoms with Crippen LogP contribution in [-0.4, -0.2) is 37.9 Å². The van der Waals surface area contributed by atoms with E-state index in [-0.39, 0.29) is 5.82 Å². The second kappa shape index (κ2) is 9.16. The third-order valence-electron chi connectivity index (χ3n) is 5.73. The van der Waals surface area contributed by atoms with E-state index in [0.29, 0.717) is 0 Å². The number of benzene rings is 2. The molecule has 1 aliphatic rings. The SMILES string of the molecule is Cc1c(C[NH+]2CC[NH+](C/C=C/c3ccccc3)CC2)noc1-c1ccc(F)cc1. The molecule has 1 aromatic heterocycles. The molecule has 0 radical (unpaired) electrons. The van der Waals surface area contributed by atoms with Gasteiger partial charge < -0.3 is 14.3 Å². The van der Waals surface area contributed by atoms with E-state index in [1.807, 2.05) is 13.0 Å². The van der Waals surface area contributed by atoms with Gasteiger partial charge in [-0.3, -0.25) is 0 Å². The highest BCUT2D eigenvalue weighted by Crippen LogP contribution is 2.25. The molecule has 29 heavy (non-hydrogen) atoms. The molecule has 1 fully saturated rings. The first kappa shape index (κ1) is 19.6. The van der Waals surface area contributed by atoms with Crippen molar-refractivity contribution in [3.63, 3.8) is 0 Å². The zero-order valence-corrected chi connectivity index (χ0v) is 16.8. The third kappa shape index (κ3) is 5.00. The van der Waals surface area contributed by atoms with Crippen molar-refractivity contribution in [3.05, 3.63) is 83.3 Å². The average Bonchev–Trinajstić information content (AvgIpc) is 3.11. The predicted molar refractivity (Wildman–Crippen MR) is 112 cm³/mol. The molecule has 5 heteroatoms. The minimum absolute atomic E-state index is 0.241. The normalized spacial score (nSPS) is 19.7. The van der Waals surface area contributed by atoms with E-state index in [4.69, 9.17) is 4.52 Å². The van der Waals surface area contributed by atoms with Gasteiger partial charge in [0.1, 0.15) is 44.2 Å². The molecule has 0 saturated carbocycles. The number of hydrogen-bond acceptors (Lipinski definition) is 2. The van der Waals surface area contributed by atoms with E-state index in [2.05, 4.69) is 41.6 Å². The summed E-state index contributed by atoms with van der Waals surface area (Å²) < 4.78 is 18.7. The summed E-state index contributed by atoms with van der Waals surface area (Å²) in [6, 6.07) is 16.8. The lowest BCUT2D eigenvalue weighted by atomic mass is 10.1. The van der Waals surface area contributed by atoms with Gasteiger partial charge in [0.25, 0.3) is 0 Å². The molecular weight excluding hydrogens is 365 g/mol. The van der Waals surface area contributed by atoms with Gasteiger partial charge in [-0.2, -0.15) is 0 Å². The summed E-state index contributed by atoms with van der Waals surface area (Å²) in [5.41, 5.74) is 4.20. The van der Waals surface area contributed by atoms with Gasteiger partial charge >= 0.3 is 0 Å². The highest BCUT2D eigenvalue weighted by atomic mass is 19.1. The van der Waals surface area contributed by atoms with Gasteiger partial charge in [-0.25, -0.2) is 4.39 Å². The first-order valence-electron chi connectivity index (χ1n) is 10.3. The van der Waals surface area contributed by atoms with Crippen LogP contribution < -0.4 is 9.80 Å². The maximum Gasteiger partial charge on any atom is 0.170 e. The zero-order chi connectivity index (χ0) is 20.1. The Morgan fingerprint density at radius 3 is 2.38 bits per heavy atom. The topological polar surface area (TPSA) is 34.9 Å². The van der Waals surface area contributed by atoms with Crippen LogP contribution in [0.4, 0.5) is 4.39 Å². The van der Waals surface area contributed by atoms with Gasteiger partial charge in [0.15, 0.2) is 5.76 Å². The Hall–Kier alpha value is -2.76. The first-order valence-corrected chi connectivity index (χ1v) is 10.3. The molecule has 2 N–H and O–H groups in total. The molecule has 0 bridgehead atoms. The Morgan fingerprint density at radius 1 is 0.966 bits per heavy atom. The van der Waals surface area contributed by atoms with Gasteiger partial charge in [0.2, 0.25) is 0 Å². The smallest absolute Gasteiger partial charge is 0.170 e. The van der Waals surface area contributed by atoms with Crippen molar-refractivity contribution in [1.82, 2.24) is 5.16 Å². The molecule has 0 atom stereocenters. The lowest BCUT2D eigenvalue weighted by Crippen LogP contribution is -3.27. The Kier molecular flexibility index (Phi) is 6.17. The summed E-state index contributed by atoms with van der Waals surface area (Å²) in [7, 11) is 0. The van der Waals surface area contributed by atoms with Crippen LogP contribution >= 0.6 is 0 Å². The Labute approximate surface area is 171 Å². The van der Waals surface area contributed by atoms with Gasteiger partial charge in [-0.15, -0.1) is 0 Å². The fourth-order valence-electron chi connectivity index (χ4n) is 3.90. The summed E-state index contributed by atoms with van der Waals surface area (Å²) in [4.78, 5) is 3.17. The fourth-order valence-corrected chi connectivity index (χ4v) is 3.90. The van der Waals surface area contributed by atoms with Crippen molar-refractivity contribution >= 4 is 6.08 Å².